The highest BCUT2D eigenvalue weighted by Gasteiger charge is 2.21. The Morgan fingerprint density at radius 3 is 2.88 bits per heavy atom. The topological polar surface area (TPSA) is 42.0 Å². The second-order valence-corrected chi connectivity index (χ2v) is 4.65. The lowest BCUT2D eigenvalue weighted by Gasteiger charge is -2.26. The third kappa shape index (κ3) is 2.35. The van der Waals surface area contributed by atoms with E-state index in [4.69, 9.17) is 0 Å². The van der Waals surface area contributed by atoms with E-state index < -0.39 is 0 Å². The molecule has 1 aliphatic carbocycles. The van der Waals surface area contributed by atoms with Crippen LogP contribution in [0.2, 0.25) is 0 Å². The number of thioether (sulfide) groups is 1. The highest BCUT2D eigenvalue weighted by atomic mass is 32.2. The standard InChI is InChI=1S/C11H13FN2OS/c1-16-10-6-13-9(5-8(10)12)11(15)14-7-3-2-4-7/h5-7H,2-4H2,1H3,(H,14,15). The average Bonchev–Trinajstić information content (AvgIpc) is 2.23. The van der Waals surface area contributed by atoms with Gasteiger partial charge in [0.05, 0.1) is 4.90 Å². The van der Waals surface area contributed by atoms with Crippen LogP contribution in [0.15, 0.2) is 17.2 Å². The Kier molecular flexibility index (Phi) is 3.43. The lowest BCUT2D eigenvalue weighted by molar-refractivity contribution is 0.0911. The maximum Gasteiger partial charge on any atom is 0.270 e. The minimum atomic E-state index is -0.388. The molecule has 0 atom stereocenters. The number of pyridine rings is 1. The molecular weight excluding hydrogens is 227 g/mol. The zero-order valence-electron chi connectivity index (χ0n) is 9.00. The van der Waals surface area contributed by atoms with E-state index in [1.165, 1.54) is 24.0 Å². The van der Waals surface area contributed by atoms with Crippen molar-refractivity contribution in [2.75, 3.05) is 6.26 Å². The summed E-state index contributed by atoms with van der Waals surface area (Å²) in [6, 6.07) is 1.44. The SMILES string of the molecule is CSc1cnc(C(=O)NC2CCC2)cc1F. The fraction of sp³-hybridized carbons (Fsp3) is 0.455. The molecule has 0 radical (unpaired) electrons. The van der Waals surface area contributed by atoms with Gasteiger partial charge in [-0.3, -0.25) is 4.79 Å². The van der Waals surface area contributed by atoms with Crippen molar-refractivity contribution in [2.45, 2.75) is 30.2 Å². The van der Waals surface area contributed by atoms with Crippen LogP contribution in [0, 0.1) is 5.82 Å². The Morgan fingerprint density at radius 2 is 2.38 bits per heavy atom. The number of carbonyl (C=O) groups is 1. The van der Waals surface area contributed by atoms with Gasteiger partial charge in [-0.1, -0.05) is 0 Å². The lowest BCUT2D eigenvalue weighted by atomic mass is 9.93. The summed E-state index contributed by atoms with van der Waals surface area (Å²) in [6.45, 7) is 0. The summed E-state index contributed by atoms with van der Waals surface area (Å²) in [5.41, 5.74) is 0.155. The van der Waals surface area contributed by atoms with Gasteiger partial charge >= 0.3 is 0 Å². The minimum absolute atomic E-state index is 0.155. The molecule has 86 valence electrons. The fourth-order valence-corrected chi connectivity index (χ4v) is 1.92. The van der Waals surface area contributed by atoms with Gasteiger partial charge in [-0.2, -0.15) is 0 Å². The first-order valence-corrected chi connectivity index (χ1v) is 6.43. The molecular formula is C11H13FN2OS. The van der Waals surface area contributed by atoms with Crippen LogP contribution in [0.5, 0.6) is 0 Å². The summed E-state index contributed by atoms with van der Waals surface area (Å²) in [5, 5.41) is 2.82. The largest absolute Gasteiger partial charge is 0.348 e. The predicted octanol–water partition coefficient (Wildman–Crippen LogP) is 2.22. The Bertz CT molecular complexity index is 407. The number of rotatable bonds is 3. The third-order valence-electron chi connectivity index (χ3n) is 2.71. The molecule has 1 aromatic heterocycles. The fourth-order valence-electron chi connectivity index (χ4n) is 1.50. The zero-order chi connectivity index (χ0) is 11.5. The molecule has 16 heavy (non-hydrogen) atoms. The van der Waals surface area contributed by atoms with Crippen molar-refractivity contribution in [1.29, 1.82) is 0 Å². The van der Waals surface area contributed by atoms with E-state index in [-0.39, 0.29) is 23.5 Å². The van der Waals surface area contributed by atoms with Crippen molar-refractivity contribution in [2.24, 2.45) is 0 Å². The summed E-state index contributed by atoms with van der Waals surface area (Å²) in [6.07, 6.45) is 6.34. The van der Waals surface area contributed by atoms with Crippen molar-refractivity contribution in [3.63, 3.8) is 0 Å². The van der Waals surface area contributed by atoms with Gasteiger partial charge in [-0.15, -0.1) is 11.8 Å². The van der Waals surface area contributed by atoms with Crippen LogP contribution < -0.4 is 5.32 Å². The molecule has 0 aliphatic heterocycles. The molecule has 5 heteroatoms. The number of carbonyl (C=O) groups excluding carboxylic acids is 1. The summed E-state index contributed by atoms with van der Waals surface area (Å²) in [5.74, 6) is -0.669. The number of halogens is 1. The van der Waals surface area contributed by atoms with Crippen LogP contribution in [-0.4, -0.2) is 23.2 Å². The van der Waals surface area contributed by atoms with Crippen molar-refractivity contribution in [1.82, 2.24) is 10.3 Å². The molecule has 0 aromatic carbocycles. The first kappa shape index (κ1) is 11.4. The maximum absolute atomic E-state index is 13.4. The minimum Gasteiger partial charge on any atom is -0.348 e. The van der Waals surface area contributed by atoms with E-state index in [9.17, 15) is 9.18 Å². The van der Waals surface area contributed by atoms with E-state index in [2.05, 4.69) is 10.3 Å². The van der Waals surface area contributed by atoms with Gasteiger partial charge in [-0.25, -0.2) is 9.37 Å². The predicted molar refractivity (Wildman–Crippen MR) is 61.1 cm³/mol. The smallest absolute Gasteiger partial charge is 0.270 e. The van der Waals surface area contributed by atoms with Gasteiger partial charge in [-0.05, 0) is 25.5 Å². The molecule has 2 rings (SSSR count). The molecule has 1 fully saturated rings. The van der Waals surface area contributed by atoms with E-state index in [0.29, 0.717) is 4.90 Å². The molecule has 1 N–H and O–H groups in total. The van der Waals surface area contributed by atoms with E-state index >= 15 is 0 Å². The first-order valence-electron chi connectivity index (χ1n) is 5.21. The monoisotopic (exact) mass is 240 g/mol. The van der Waals surface area contributed by atoms with Crippen LogP contribution in [0.3, 0.4) is 0 Å². The van der Waals surface area contributed by atoms with Crippen molar-refractivity contribution in [3.8, 4) is 0 Å². The Morgan fingerprint density at radius 1 is 1.62 bits per heavy atom. The average molecular weight is 240 g/mol. The highest BCUT2D eigenvalue weighted by Crippen LogP contribution is 2.20. The molecule has 1 heterocycles. The molecule has 3 nitrogen and oxygen atoms in total. The first-order chi connectivity index (χ1) is 7.70. The van der Waals surface area contributed by atoms with Crippen LogP contribution in [0.25, 0.3) is 0 Å². The van der Waals surface area contributed by atoms with E-state index in [0.717, 1.165) is 19.3 Å². The van der Waals surface area contributed by atoms with Gasteiger partial charge < -0.3 is 5.32 Å². The third-order valence-corrected chi connectivity index (χ3v) is 3.45. The Hall–Kier alpha value is -1.10. The molecule has 1 saturated carbocycles. The van der Waals surface area contributed by atoms with E-state index in [1.807, 2.05) is 0 Å². The Labute approximate surface area is 97.8 Å². The van der Waals surface area contributed by atoms with Gasteiger partial charge in [0.2, 0.25) is 0 Å². The number of aromatic nitrogens is 1. The van der Waals surface area contributed by atoms with Crippen LogP contribution in [0.4, 0.5) is 4.39 Å². The number of hydrogen-bond acceptors (Lipinski definition) is 3. The molecule has 1 amide bonds. The number of amides is 1. The normalized spacial score (nSPS) is 15.6. The Balaban J connectivity index is 2.07. The molecule has 0 unspecified atom stereocenters. The quantitative estimate of drug-likeness (QED) is 0.824. The number of nitrogens with one attached hydrogen (secondary N) is 1. The van der Waals surface area contributed by atoms with E-state index in [1.54, 1.807) is 6.26 Å². The lowest BCUT2D eigenvalue weighted by Crippen LogP contribution is -2.39. The van der Waals surface area contributed by atoms with Gasteiger partial charge in [0, 0.05) is 18.3 Å². The number of nitrogens with zero attached hydrogens (tertiary/aromatic N) is 1. The van der Waals surface area contributed by atoms with Crippen LogP contribution in [-0.2, 0) is 0 Å². The summed E-state index contributed by atoms with van der Waals surface area (Å²) >= 11 is 1.28. The van der Waals surface area contributed by atoms with Crippen LogP contribution in [0.1, 0.15) is 29.8 Å². The summed E-state index contributed by atoms with van der Waals surface area (Å²) in [7, 11) is 0. The van der Waals surface area contributed by atoms with Crippen molar-refractivity contribution < 1.29 is 9.18 Å². The van der Waals surface area contributed by atoms with Gasteiger partial charge in [0.1, 0.15) is 11.5 Å². The molecule has 0 bridgehead atoms. The van der Waals surface area contributed by atoms with Crippen molar-refractivity contribution in [3.05, 3.63) is 23.8 Å². The molecule has 0 spiro atoms. The van der Waals surface area contributed by atoms with Gasteiger partial charge in [0.15, 0.2) is 0 Å². The summed E-state index contributed by atoms with van der Waals surface area (Å²) in [4.78, 5) is 16.1. The molecule has 0 saturated heterocycles. The molecule has 1 aliphatic rings. The summed E-state index contributed by atoms with van der Waals surface area (Å²) < 4.78 is 13.4. The number of hydrogen-bond donors (Lipinski definition) is 1. The van der Waals surface area contributed by atoms with Crippen molar-refractivity contribution >= 4 is 17.7 Å². The second-order valence-electron chi connectivity index (χ2n) is 3.81. The second kappa shape index (κ2) is 4.82. The zero-order valence-corrected chi connectivity index (χ0v) is 9.81. The van der Waals surface area contributed by atoms with Gasteiger partial charge in [0.25, 0.3) is 5.91 Å². The highest BCUT2D eigenvalue weighted by molar-refractivity contribution is 7.98. The molecule has 1 aromatic rings. The maximum atomic E-state index is 13.4. The van der Waals surface area contributed by atoms with Crippen LogP contribution >= 0.6 is 11.8 Å².